The first-order chi connectivity index (χ1) is 9.79. The van der Waals surface area contributed by atoms with Crippen molar-refractivity contribution >= 4 is 31.9 Å². The smallest absolute Gasteiger partial charge is 0.252 e. The van der Waals surface area contributed by atoms with Gasteiger partial charge in [0.15, 0.2) is 0 Å². The van der Waals surface area contributed by atoms with Gasteiger partial charge in [-0.25, -0.2) is 17.9 Å². The van der Waals surface area contributed by atoms with Crippen LogP contribution in [0.15, 0.2) is 21.5 Å². The van der Waals surface area contributed by atoms with Gasteiger partial charge in [0.1, 0.15) is 10.7 Å². The Kier molecular flexibility index (Phi) is 5.00. The molecule has 8 heteroatoms. The summed E-state index contributed by atoms with van der Waals surface area (Å²) in [4.78, 5) is 11.4. The molecule has 1 aliphatic carbocycles. The molecule has 1 aromatic carbocycles. The molecule has 1 aliphatic rings. The van der Waals surface area contributed by atoms with E-state index >= 15 is 0 Å². The highest BCUT2D eigenvalue weighted by Gasteiger charge is 2.21. The van der Waals surface area contributed by atoms with Crippen LogP contribution in [-0.4, -0.2) is 20.9 Å². The molecular weight excluding hydrogens is 363 g/mol. The summed E-state index contributed by atoms with van der Waals surface area (Å²) in [5, 5.41) is 7.64. The van der Waals surface area contributed by atoms with Crippen molar-refractivity contribution in [2.75, 3.05) is 6.54 Å². The Balaban J connectivity index is 2.12. The monoisotopic (exact) mass is 378 g/mol. The average molecular weight is 379 g/mol. The lowest BCUT2D eigenvalue weighted by Crippen LogP contribution is -2.28. The van der Waals surface area contributed by atoms with Crippen molar-refractivity contribution < 1.29 is 17.6 Å². The van der Waals surface area contributed by atoms with Crippen LogP contribution in [0.1, 0.15) is 36.0 Å². The number of amides is 1. The first kappa shape index (κ1) is 16.4. The number of carbonyl (C=O) groups excluding carboxylic acids is 1. The summed E-state index contributed by atoms with van der Waals surface area (Å²) in [5.74, 6) is -0.788. The molecule has 0 atom stereocenters. The number of benzene rings is 1. The zero-order chi connectivity index (χ0) is 15.6. The Morgan fingerprint density at radius 2 is 2.10 bits per heavy atom. The van der Waals surface area contributed by atoms with Crippen LogP contribution in [0.5, 0.6) is 0 Å². The van der Waals surface area contributed by atoms with Gasteiger partial charge in [-0.15, -0.1) is 0 Å². The minimum absolute atomic E-state index is 0.0500. The second-order valence-corrected chi connectivity index (χ2v) is 7.53. The van der Waals surface area contributed by atoms with Gasteiger partial charge in [0.05, 0.1) is 5.56 Å². The van der Waals surface area contributed by atoms with Crippen LogP contribution in [0.4, 0.5) is 4.39 Å². The van der Waals surface area contributed by atoms with Crippen molar-refractivity contribution in [2.24, 2.45) is 11.1 Å². The number of rotatable bonds is 5. The highest BCUT2D eigenvalue weighted by molar-refractivity contribution is 9.10. The van der Waals surface area contributed by atoms with Gasteiger partial charge in [-0.1, -0.05) is 19.3 Å². The number of hydrogen-bond acceptors (Lipinski definition) is 3. The maximum Gasteiger partial charge on any atom is 0.252 e. The molecule has 0 heterocycles. The SMILES string of the molecule is NS(=O)(=O)c1cc(C(=O)NCCC2CCC2)c(Br)cc1F. The Bertz CT molecular complexity index is 660. The third kappa shape index (κ3) is 4.02. The molecule has 0 aliphatic heterocycles. The molecule has 0 spiro atoms. The van der Waals surface area contributed by atoms with E-state index in [2.05, 4.69) is 21.2 Å². The van der Waals surface area contributed by atoms with E-state index in [0.717, 1.165) is 18.6 Å². The summed E-state index contributed by atoms with van der Waals surface area (Å²) in [5.41, 5.74) is 0.0500. The lowest BCUT2D eigenvalue weighted by molar-refractivity contribution is 0.0948. The van der Waals surface area contributed by atoms with E-state index in [1.807, 2.05) is 0 Å². The van der Waals surface area contributed by atoms with Gasteiger partial charge in [-0.3, -0.25) is 4.79 Å². The molecule has 2 rings (SSSR count). The number of carbonyl (C=O) groups is 1. The largest absolute Gasteiger partial charge is 0.352 e. The quantitative estimate of drug-likeness (QED) is 0.822. The fourth-order valence-corrected chi connectivity index (χ4v) is 3.30. The van der Waals surface area contributed by atoms with Crippen LogP contribution in [0.3, 0.4) is 0 Å². The first-order valence-electron chi connectivity index (χ1n) is 6.59. The number of nitrogens with two attached hydrogens (primary N) is 1. The van der Waals surface area contributed by atoms with E-state index in [9.17, 15) is 17.6 Å². The summed E-state index contributed by atoms with van der Waals surface area (Å²) >= 11 is 3.06. The fraction of sp³-hybridized carbons (Fsp3) is 0.462. The maximum absolute atomic E-state index is 13.6. The number of nitrogens with one attached hydrogen (secondary N) is 1. The van der Waals surface area contributed by atoms with Crippen molar-refractivity contribution in [1.82, 2.24) is 5.32 Å². The predicted molar refractivity (Wildman–Crippen MR) is 79.8 cm³/mol. The molecule has 1 saturated carbocycles. The lowest BCUT2D eigenvalue weighted by Gasteiger charge is -2.25. The average Bonchev–Trinajstić information content (AvgIpc) is 2.30. The third-order valence-electron chi connectivity index (χ3n) is 3.64. The van der Waals surface area contributed by atoms with E-state index in [4.69, 9.17) is 5.14 Å². The van der Waals surface area contributed by atoms with Gasteiger partial charge in [-0.2, -0.15) is 0 Å². The summed E-state index contributed by atoms with van der Waals surface area (Å²) in [6, 6.07) is 1.88. The molecule has 3 N–H and O–H groups in total. The first-order valence-corrected chi connectivity index (χ1v) is 8.93. The van der Waals surface area contributed by atoms with E-state index in [0.29, 0.717) is 12.5 Å². The molecule has 116 valence electrons. The molecule has 1 fully saturated rings. The Labute approximate surface area is 131 Å². The molecule has 1 amide bonds. The van der Waals surface area contributed by atoms with Crippen molar-refractivity contribution in [2.45, 2.75) is 30.6 Å². The summed E-state index contributed by atoms with van der Waals surface area (Å²) < 4.78 is 36.3. The zero-order valence-corrected chi connectivity index (χ0v) is 13.6. The number of sulfonamides is 1. The van der Waals surface area contributed by atoms with Gasteiger partial charge in [0, 0.05) is 11.0 Å². The van der Waals surface area contributed by atoms with Crippen molar-refractivity contribution in [1.29, 1.82) is 0 Å². The Morgan fingerprint density at radius 3 is 2.62 bits per heavy atom. The minimum Gasteiger partial charge on any atom is -0.352 e. The normalized spacial score (nSPS) is 15.6. The molecule has 21 heavy (non-hydrogen) atoms. The van der Waals surface area contributed by atoms with Crippen molar-refractivity contribution in [3.8, 4) is 0 Å². The standard InChI is InChI=1S/C13H16BrFN2O3S/c14-10-7-11(15)12(21(16,19)20)6-9(10)13(18)17-5-4-8-2-1-3-8/h6-8H,1-5H2,(H,17,18)(H2,16,19,20). The van der Waals surface area contributed by atoms with E-state index in [-0.39, 0.29) is 10.0 Å². The van der Waals surface area contributed by atoms with E-state index < -0.39 is 26.6 Å². The molecule has 0 radical (unpaired) electrons. The fourth-order valence-electron chi connectivity index (χ4n) is 2.19. The predicted octanol–water partition coefficient (Wildman–Crippen LogP) is 2.16. The van der Waals surface area contributed by atoms with Gasteiger partial charge in [-0.05, 0) is 40.4 Å². The zero-order valence-electron chi connectivity index (χ0n) is 11.2. The molecular formula is C13H16BrFN2O3S. The van der Waals surface area contributed by atoms with Gasteiger partial charge in [0.25, 0.3) is 5.91 Å². The Morgan fingerprint density at radius 1 is 1.43 bits per heavy atom. The van der Waals surface area contributed by atoms with Crippen molar-refractivity contribution in [3.05, 3.63) is 28.0 Å². The molecule has 0 saturated heterocycles. The van der Waals surface area contributed by atoms with Crippen LogP contribution < -0.4 is 10.5 Å². The summed E-state index contributed by atoms with van der Waals surface area (Å²) in [6.45, 7) is 0.512. The van der Waals surface area contributed by atoms with Gasteiger partial charge >= 0.3 is 0 Å². The van der Waals surface area contributed by atoms with Crippen LogP contribution in [0, 0.1) is 11.7 Å². The van der Waals surface area contributed by atoms with E-state index in [1.54, 1.807) is 0 Å². The topological polar surface area (TPSA) is 89.3 Å². The minimum atomic E-state index is -4.21. The Hall–Kier alpha value is -0.990. The van der Waals surface area contributed by atoms with Gasteiger partial charge < -0.3 is 5.32 Å². The van der Waals surface area contributed by atoms with Crippen molar-refractivity contribution in [3.63, 3.8) is 0 Å². The number of hydrogen-bond donors (Lipinski definition) is 2. The van der Waals surface area contributed by atoms with Crippen LogP contribution in [0.2, 0.25) is 0 Å². The second-order valence-electron chi connectivity index (χ2n) is 5.15. The molecule has 0 unspecified atom stereocenters. The maximum atomic E-state index is 13.6. The van der Waals surface area contributed by atoms with Gasteiger partial charge in [0.2, 0.25) is 10.0 Å². The summed E-state index contributed by atoms with van der Waals surface area (Å²) in [7, 11) is -4.21. The molecule has 0 aromatic heterocycles. The summed E-state index contributed by atoms with van der Waals surface area (Å²) in [6.07, 6.45) is 4.50. The highest BCUT2D eigenvalue weighted by atomic mass is 79.9. The van der Waals surface area contributed by atoms with E-state index in [1.165, 1.54) is 19.3 Å². The highest BCUT2D eigenvalue weighted by Crippen LogP contribution is 2.29. The van der Waals surface area contributed by atoms with Crippen LogP contribution in [-0.2, 0) is 10.0 Å². The molecule has 1 aromatic rings. The third-order valence-corrected chi connectivity index (χ3v) is 5.22. The number of halogens is 2. The lowest BCUT2D eigenvalue weighted by atomic mass is 9.83. The second kappa shape index (κ2) is 6.41. The van der Waals surface area contributed by atoms with Crippen LogP contribution >= 0.6 is 15.9 Å². The molecule has 5 nitrogen and oxygen atoms in total. The number of primary sulfonamides is 1. The van der Waals surface area contributed by atoms with Crippen LogP contribution in [0.25, 0.3) is 0 Å². The molecule has 0 bridgehead atoms.